The molecule has 1 aliphatic carbocycles. The summed E-state index contributed by atoms with van der Waals surface area (Å²) in [5, 5.41) is 9.10. The van der Waals surface area contributed by atoms with Crippen molar-refractivity contribution in [3.8, 4) is 0 Å². The molecule has 7 heteroatoms. The van der Waals surface area contributed by atoms with Crippen LogP contribution in [-0.2, 0) is 31.9 Å². The molecule has 0 spiro atoms. The second kappa shape index (κ2) is 17.1. The second-order valence-electron chi connectivity index (χ2n) is 11.9. The molecule has 1 N–H and O–H groups in total. The number of halogens is 2. The van der Waals surface area contributed by atoms with Crippen LogP contribution in [0.1, 0.15) is 99.3 Å². The first kappa shape index (κ1) is 34.2. The van der Waals surface area contributed by atoms with Gasteiger partial charge in [-0.25, -0.2) is 18.4 Å². The molecular weight excluding hydrogens is 550 g/mol. The minimum atomic E-state index is -0.788. The van der Waals surface area contributed by atoms with Crippen molar-refractivity contribution in [2.45, 2.75) is 89.9 Å². The number of carbonyl (C=O) groups is 2. The van der Waals surface area contributed by atoms with Gasteiger partial charge >= 0.3 is 11.9 Å². The molecule has 234 valence electrons. The van der Waals surface area contributed by atoms with Gasteiger partial charge in [0.2, 0.25) is 0 Å². The van der Waals surface area contributed by atoms with Crippen molar-refractivity contribution in [1.29, 1.82) is 0 Å². The Bertz CT molecular complexity index is 1260. The molecule has 5 nitrogen and oxygen atoms in total. The Balaban J connectivity index is 1.61. The number of ether oxygens (including phenoxy) is 2. The van der Waals surface area contributed by atoms with Crippen molar-refractivity contribution >= 4 is 11.9 Å². The number of aliphatic hydroxyl groups is 1. The van der Waals surface area contributed by atoms with Crippen LogP contribution in [0, 0.1) is 17.6 Å². The van der Waals surface area contributed by atoms with Gasteiger partial charge in [-0.1, -0.05) is 70.0 Å². The molecule has 1 atom stereocenters. The van der Waals surface area contributed by atoms with Crippen molar-refractivity contribution in [1.82, 2.24) is 0 Å². The summed E-state index contributed by atoms with van der Waals surface area (Å²) in [6, 6.07) is 10.2. The number of rotatable bonds is 16. The van der Waals surface area contributed by atoms with Gasteiger partial charge in [0.15, 0.2) is 0 Å². The van der Waals surface area contributed by atoms with E-state index in [1.54, 1.807) is 18.2 Å². The molecule has 1 unspecified atom stereocenters. The molecule has 0 radical (unpaired) electrons. The van der Waals surface area contributed by atoms with E-state index in [1.807, 2.05) is 12.1 Å². The molecule has 0 heterocycles. The zero-order valence-corrected chi connectivity index (χ0v) is 25.6. The average Bonchev–Trinajstić information content (AvgIpc) is 3.00. The quantitative estimate of drug-likeness (QED) is 0.121. The number of unbranched alkanes of at least 4 members (excludes halogenated alkanes) is 2. The molecule has 0 bridgehead atoms. The Morgan fingerprint density at radius 1 is 0.930 bits per heavy atom. The van der Waals surface area contributed by atoms with Crippen LogP contribution >= 0.6 is 0 Å². The predicted molar refractivity (Wildman–Crippen MR) is 165 cm³/mol. The largest absolute Gasteiger partial charge is 0.462 e. The van der Waals surface area contributed by atoms with E-state index in [-0.39, 0.29) is 36.1 Å². The number of benzene rings is 2. The van der Waals surface area contributed by atoms with Crippen molar-refractivity contribution in [3.63, 3.8) is 0 Å². The Morgan fingerprint density at radius 2 is 1.63 bits per heavy atom. The monoisotopic (exact) mass is 596 g/mol. The Morgan fingerprint density at radius 3 is 2.23 bits per heavy atom. The highest BCUT2D eigenvalue weighted by Gasteiger charge is 2.24. The minimum Gasteiger partial charge on any atom is -0.462 e. The first-order valence-electron chi connectivity index (χ1n) is 15.5. The van der Waals surface area contributed by atoms with Gasteiger partial charge in [0, 0.05) is 5.57 Å². The van der Waals surface area contributed by atoms with Crippen LogP contribution in [0.25, 0.3) is 0 Å². The molecule has 0 aliphatic heterocycles. The molecule has 0 amide bonds. The van der Waals surface area contributed by atoms with E-state index in [9.17, 15) is 9.59 Å². The van der Waals surface area contributed by atoms with Crippen LogP contribution < -0.4 is 0 Å². The molecule has 0 saturated heterocycles. The van der Waals surface area contributed by atoms with Gasteiger partial charge in [-0.2, -0.15) is 0 Å². The summed E-state index contributed by atoms with van der Waals surface area (Å²) in [6.45, 7) is 9.81. The molecule has 1 fully saturated rings. The fourth-order valence-corrected chi connectivity index (χ4v) is 5.68. The third-order valence-corrected chi connectivity index (χ3v) is 8.46. The standard InChI is InChI=1S/C36H46F2O5/c1-5-6-7-8-26-9-13-28(14-10-26)32-18-12-27(19-34(32)38)11-15-29-16-17-30(20-33(29)37)31(22-42-35(40)24(2)3)23-43-36(41)25(4)21-39/h12,16-20,26,28,31,39H,2,4-11,13-15,21-23H2,1,3H3. The number of carbonyl (C=O) groups excluding carboxylic acids is 2. The fourth-order valence-electron chi connectivity index (χ4n) is 5.68. The lowest BCUT2D eigenvalue weighted by Crippen LogP contribution is -2.21. The third-order valence-electron chi connectivity index (χ3n) is 8.46. The van der Waals surface area contributed by atoms with Crippen LogP contribution in [0.2, 0.25) is 0 Å². The SMILES string of the molecule is C=C(C)C(=O)OCC(COC(=O)C(=C)CO)c1ccc(CCc2ccc(C3CCC(CCCCC)CC3)c(F)c2)c(F)c1. The lowest BCUT2D eigenvalue weighted by molar-refractivity contribution is -0.142. The van der Waals surface area contributed by atoms with Gasteiger partial charge in [0.25, 0.3) is 0 Å². The Labute approximate surface area is 255 Å². The zero-order valence-electron chi connectivity index (χ0n) is 25.6. The molecule has 2 aromatic rings. The summed E-state index contributed by atoms with van der Waals surface area (Å²) in [5.74, 6) is -1.62. The van der Waals surface area contributed by atoms with Gasteiger partial charge in [-0.05, 0) is 91.7 Å². The number of hydrogen-bond acceptors (Lipinski definition) is 5. The van der Waals surface area contributed by atoms with Crippen LogP contribution in [0.4, 0.5) is 8.78 Å². The van der Waals surface area contributed by atoms with Crippen molar-refractivity contribution < 1.29 is 33.0 Å². The second-order valence-corrected chi connectivity index (χ2v) is 11.9. The molecule has 3 rings (SSSR count). The number of hydrogen-bond donors (Lipinski definition) is 1. The highest BCUT2D eigenvalue weighted by atomic mass is 19.1. The average molecular weight is 597 g/mol. The summed E-state index contributed by atoms with van der Waals surface area (Å²) in [5.41, 5.74) is 2.66. The number of aryl methyl sites for hydroxylation is 2. The number of aliphatic hydroxyl groups excluding tert-OH is 1. The minimum absolute atomic E-state index is 0.117. The van der Waals surface area contributed by atoms with E-state index in [1.165, 1.54) is 51.5 Å². The maximum atomic E-state index is 15.2. The van der Waals surface area contributed by atoms with Gasteiger partial charge in [0.1, 0.15) is 24.8 Å². The highest BCUT2D eigenvalue weighted by Crippen LogP contribution is 2.39. The molecule has 1 aliphatic rings. The summed E-state index contributed by atoms with van der Waals surface area (Å²) in [6.07, 6.45) is 10.4. The van der Waals surface area contributed by atoms with Crippen molar-refractivity contribution in [2.24, 2.45) is 5.92 Å². The van der Waals surface area contributed by atoms with Crippen molar-refractivity contribution in [3.05, 3.63) is 94.6 Å². The summed E-state index contributed by atoms with van der Waals surface area (Å²) in [7, 11) is 0. The van der Waals surface area contributed by atoms with E-state index >= 15 is 8.78 Å². The normalized spacial score (nSPS) is 17.2. The molecule has 0 aromatic heterocycles. The zero-order chi connectivity index (χ0) is 31.4. The van der Waals surface area contributed by atoms with Crippen LogP contribution in [0.3, 0.4) is 0 Å². The van der Waals surface area contributed by atoms with E-state index in [2.05, 4.69) is 20.1 Å². The smallest absolute Gasteiger partial charge is 0.335 e. The van der Waals surface area contributed by atoms with E-state index in [0.29, 0.717) is 24.0 Å². The molecule has 2 aromatic carbocycles. The topological polar surface area (TPSA) is 72.8 Å². The van der Waals surface area contributed by atoms with Gasteiger partial charge in [-0.3, -0.25) is 0 Å². The van der Waals surface area contributed by atoms with E-state index < -0.39 is 30.3 Å². The fraction of sp³-hybridized carbons (Fsp3) is 0.500. The highest BCUT2D eigenvalue weighted by molar-refractivity contribution is 5.88. The van der Waals surface area contributed by atoms with E-state index in [4.69, 9.17) is 14.6 Å². The van der Waals surface area contributed by atoms with Crippen LogP contribution in [-0.4, -0.2) is 36.9 Å². The Hall–Kier alpha value is -3.32. The first-order chi connectivity index (χ1) is 20.6. The Kier molecular flexibility index (Phi) is 13.6. The van der Waals surface area contributed by atoms with Crippen LogP contribution in [0.5, 0.6) is 0 Å². The maximum absolute atomic E-state index is 15.2. The molecule has 1 saturated carbocycles. The maximum Gasteiger partial charge on any atom is 0.335 e. The summed E-state index contributed by atoms with van der Waals surface area (Å²) >= 11 is 0. The van der Waals surface area contributed by atoms with Gasteiger partial charge in [0.05, 0.1) is 18.1 Å². The predicted octanol–water partition coefficient (Wildman–Crippen LogP) is 7.90. The molecular formula is C36H46F2O5. The summed E-state index contributed by atoms with van der Waals surface area (Å²) < 4.78 is 40.8. The first-order valence-corrected chi connectivity index (χ1v) is 15.5. The lowest BCUT2D eigenvalue weighted by atomic mass is 9.76. The van der Waals surface area contributed by atoms with Gasteiger partial charge in [-0.15, -0.1) is 0 Å². The lowest BCUT2D eigenvalue weighted by Gasteiger charge is -2.29. The molecule has 43 heavy (non-hydrogen) atoms. The number of esters is 2. The van der Waals surface area contributed by atoms with Crippen LogP contribution in [0.15, 0.2) is 60.7 Å². The van der Waals surface area contributed by atoms with Crippen molar-refractivity contribution in [2.75, 3.05) is 19.8 Å². The summed E-state index contributed by atoms with van der Waals surface area (Å²) in [4.78, 5) is 23.9. The van der Waals surface area contributed by atoms with E-state index in [0.717, 1.165) is 29.9 Å². The third kappa shape index (κ3) is 10.4. The van der Waals surface area contributed by atoms with Gasteiger partial charge < -0.3 is 14.6 Å².